The van der Waals surface area contributed by atoms with Crippen molar-refractivity contribution in [1.82, 2.24) is 34.4 Å². The molecule has 0 aromatic carbocycles. The van der Waals surface area contributed by atoms with Crippen LogP contribution in [-0.2, 0) is 17.8 Å². The molecule has 1 amide bonds. The summed E-state index contributed by atoms with van der Waals surface area (Å²) in [5.74, 6) is -0.412. The predicted octanol–water partition coefficient (Wildman–Crippen LogP) is 4.50. The van der Waals surface area contributed by atoms with Gasteiger partial charge in [-0.15, -0.1) is 0 Å². The number of nitro groups is 3. The van der Waals surface area contributed by atoms with Crippen LogP contribution in [0, 0.1) is 30.3 Å². The van der Waals surface area contributed by atoms with Crippen molar-refractivity contribution in [2.75, 3.05) is 13.1 Å². The lowest BCUT2D eigenvalue weighted by atomic mass is 10.2. The summed E-state index contributed by atoms with van der Waals surface area (Å²) in [6.45, 7) is 7.98. The molecule has 0 saturated carbocycles. The van der Waals surface area contributed by atoms with Crippen LogP contribution in [0.5, 0.6) is 0 Å². The molecule has 0 saturated heterocycles. The van der Waals surface area contributed by atoms with E-state index in [9.17, 15) is 35.1 Å². The zero-order valence-corrected chi connectivity index (χ0v) is 25.9. The largest absolute Gasteiger partial charge is 0.444 e. The first-order valence-electron chi connectivity index (χ1n) is 14.5. The number of imidazole rings is 3. The Morgan fingerprint density at radius 1 is 0.822 bits per heavy atom. The smallest absolute Gasteiger partial charge is 0.434 e. The number of nitrogens with zero attached hydrogens (tertiary/aromatic N) is 8. The third-order valence-electron chi connectivity index (χ3n) is 5.72. The fourth-order valence-electron chi connectivity index (χ4n) is 3.70. The van der Waals surface area contributed by atoms with Crippen LogP contribution in [0.15, 0.2) is 37.2 Å². The molecular weight excluding hydrogens is 594 g/mol. The molecule has 0 aliphatic rings. The van der Waals surface area contributed by atoms with Gasteiger partial charge in [0.05, 0.1) is 19.3 Å². The van der Waals surface area contributed by atoms with Gasteiger partial charge in [0.25, 0.3) is 0 Å². The van der Waals surface area contributed by atoms with Gasteiger partial charge < -0.3 is 46.1 Å². The predicted molar refractivity (Wildman–Crippen MR) is 163 cm³/mol. The number of unbranched alkanes of at least 4 members (excludes halogenated alkanes) is 6. The van der Waals surface area contributed by atoms with Crippen molar-refractivity contribution in [3.8, 4) is 0 Å². The maximum Gasteiger partial charge on any atom is 0.434 e. The Morgan fingerprint density at radius 2 is 1.33 bits per heavy atom. The molecule has 4 N–H and O–H groups in total. The van der Waals surface area contributed by atoms with E-state index in [2.05, 4.69) is 25.3 Å². The first kappa shape index (κ1) is 38.1. The lowest BCUT2D eigenvalue weighted by Gasteiger charge is -2.19. The Balaban J connectivity index is 0.000000376. The number of aromatic nitrogens is 6. The van der Waals surface area contributed by atoms with Crippen LogP contribution < -0.4 is 11.1 Å². The van der Waals surface area contributed by atoms with Crippen molar-refractivity contribution < 1.29 is 24.3 Å². The third-order valence-corrected chi connectivity index (χ3v) is 5.72. The number of nitrogens with one attached hydrogen (secondary N) is 2. The van der Waals surface area contributed by atoms with E-state index in [1.165, 1.54) is 24.8 Å². The van der Waals surface area contributed by atoms with Crippen LogP contribution in [0.3, 0.4) is 0 Å². The molecular formula is C26H43N11O8. The molecule has 0 unspecified atom stereocenters. The summed E-state index contributed by atoms with van der Waals surface area (Å²) in [6.07, 6.45) is 16.1. The number of amides is 1. The summed E-state index contributed by atoms with van der Waals surface area (Å²) in [5, 5.41) is 33.7. The standard InChI is InChI=1S/C14H24N4O4.C9H16N4O2.C3H3N3O2/c1-14(2,3)22-13(19)16-8-6-4-5-7-10-17-11-9-15-12(17)18(20)21;10-5-3-1-2-4-7-12-8-6-11-9(12)13(14)15;7-6(8)3-4-1-2-5-3/h9,11H,4-8,10H2,1-3H3,(H,16,19);6,8H,1-5,7,10H2;1-2H,(H,4,5). The molecule has 3 rings (SSSR count). The summed E-state index contributed by atoms with van der Waals surface area (Å²) < 4.78 is 8.24. The van der Waals surface area contributed by atoms with Crippen molar-refractivity contribution in [3.63, 3.8) is 0 Å². The van der Waals surface area contributed by atoms with E-state index in [4.69, 9.17) is 10.5 Å². The van der Waals surface area contributed by atoms with Crippen molar-refractivity contribution >= 4 is 23.9 Å². The molecule has 19 nitrogen and oxygen atoms in total. The molecule has 3 heterocycles. The van der Waals surface area contributed by atoms with Crippen LogP contribution in [-0.4, -0.2) is 68.6 Å². The van der Waals surface area contributed by atoms with Gasteiger partial charge in [0.15, 0.2) is 0 Å². The van der Waals surface area contributed by atoms with Gasteiger partial charge in [-0.2, -0.15) is 0 Å². The molecule has 0 aliphatic heterocycles. The van der Waals surface area contributed by atoms with Crippen LogP contribution in [0.1, 0.15) is 72.1 Å². The molecule has 45 heavy (non-hydrogen) atoms. The van der Waals surface area contributed by atoms with E-state index < -0.39 is 26.5 Å². The van der Waals surface area contributed by atoms with Gasteiger partial charge in [0.1, 0.15) is 36.6 Å². The minimum absolute atomic E-state index is 0.0752. The van der Waals surface area contributed by atoms with E-state index in [-0.39, 0.29) is 17.8 Å². The highest BCUT2D eigenvalue weighted by Crippen LogP contribution is 2.11. The van der Waals surface area contributed by atoms with Crippen molar-refractivity contribution in [1.29, 1.82) is 0 Å². The molecule has 3 aromatic heterocycles. The lowest BCUT2D eigenvalue weighted by Crippen LogP contribution is -2.32. The van der Waals surface area contributed by atoms with E-state index in [0.29, 0.717) is 26.2 Å². The minimum Gasteiger partial charge on any atom is -0.444 e. The van der Waals surface area contributed by atoms with Gasteiger partial charge in [-0.05, 0) is 67.8 Å². The molecule has 3 aromatic rings. The fraction of sp³-hybridized carbons (Fsp3) is 0.615. The molecule has 0 fully saturated rings. The van der Waals surface area contributed by atoms with Crippen LogP contribution in [0.25, 0.3) is 0 Å². The maximum absolute atomic E-state index is 11.4. The number of carbonyl (C=O) groups is 1. The quantitative estimate of drug-likeness (QED) is 0.111. The van der Waals surface area contributed by atoms with E-state index in [1.54, 1.807) is 21.5 Å². The summed E-state index contributed by atoms with van der Waals surface area (Å²) >= 11 is 0. The maximum atomic E-state index is 11.4. The van der Waals surface area contributed by atoms with Crippen molar-refractivity contribution in [2.45, 2.75) is 90.8 Å². The SMILES string of the molecule is CC(C)(C)OC(=O)NCCCCCCn1ccnc1[N+](=O)[O-].NCCCCCCn1ccnc1[N+](=O)[O-].O=[N+]([O-])c1ncc[nH]1. The fourth-order valence-corrected chi connectivity index (χ4v) is 3.70. The second-order valence-corrected chi connectivity index (χ2v) is 10.6. The minimum atomic E-state index is -0.583. The zero-order valence-electron chi connectivity index (χ0n) is 25.9. The van der Waals surface area contributed by atoms with Gasteiger partial charge in [-0.25, -0.2) is 18.9 Å². The van der Waals surface area contributed by atoms with E-state index in [1.807, 2.05) is 20.8 Å². The van der Waals surface area contributed by atoms with Gasteiger partial charge >= 0.3 is 23.9 Å². The second kappa shape index (κ2) is 20.9. The lowest BCUT2D eigenvalue weighted by molar-refractivity contribution is -0.396. The Morgan fingerprint density at radius 3 is 1.73 bits per heavy atom. The summed E-state index contributed by atoms with van der Waals surface area (Å²) in [7, 11) is 0. The molecule has 0 spiro atoms. The van der Waals surface area contributed by atoms with Crippen LogP contribution >= 0.6 is 0 Å². The Hall–Kier alpha value is -4.94. The number of nitrogens with two attached hydrogens (primary N) is 1. The molecule has 250 valence electrons. The first-order valence-corrected chi connectivity index (χ1v) is 14.5. The topological polar surface area (TPSA) is 258 Å². The average Bonchev–Trinajstić information content (AvgIpc) is 3.74. The van der Waals surface area contributed by atoms with Crippen LogP contribution in [0.4, 0.5) is 22.6 Å². The van der Waals surface area contributed by atoms with Crippen molar-refractivity contribution in [2.24, 2.45) is 5.73 Å². The van der Waals surface area contributed by atoms with Crippen LogP contribution in [0.2, 0.25) is 0 Å². The average molecular weight is 638 g/mol. The first-order chi connectivity index (χ1) is 21.4. The highest BCUT2D eigenvalue weighted by molar-refractivity contribution is 5.67. The number of carbonyl (C=O) groups excluding carboxylic acids is 1. The number of aromatic amines is 1. The zero-order chi connectivity index (χ0) is 33.7. The number of hydrogen-bond donors (Lipinski definition) is 3. The summed E-state index contributed by atoms with van der Waals surface area (Å²) in [4.78, 5) is 53.9. The van der Waals surface area contributed by atoms with Gasteiger partial charge in [-0.1, -0.05) is 40.6 Å². The van der Waals surface area contributed by atoms with E-state index in [0.717, 1.165) is 51.4 Å². The Labute approximate surface area is 260 Å². The number of rotatable bonds is 16. The van der Waals surface area contributed by atoms with Crippen molar-refractivity contribution in [3.05, 3.63) is 67.5 Å². The number of alkyl carbamates (subject to hydrolysis) is 1. The summed E-state index contributed by atoms with van der Waals surface area (Å²) in [6, 6.07) is 0. The molecule has 0 aliphatic carbocycles. The highest BCUT2D eigenvalue weighted by atomic mass is 16.6. The number of ether oxygens (including phenoxy) is 1. The third kappa shape index (κ3) is 17.1. The molecule has 0 atom stereocenters. The highest BCUT2D eigenvalue weighted by Gasteiger charge is 2.16. The van der Waals surface area contributed by atoms with E-state index >= 15 is 0 Å². The second-order valence-electron chi connectivity index (χ2n) is 10.6. The molecule has 0 radical (unpaired) electrons. The molecule has 19 heteroatoms. The number of H-pyrrole nitrogens is 1. The molecule has 0 bridgehead atoms. The summed E-state index contributed by atoms with van der Waals surface area (Å²) in [5.41, 5.74) is 4.88. The normalized spacial score (nSPS) is 10.6. The Bertz CT molecular complexity index is 1290. The number of hydrogen-bond acceptors (Lipinski definition) is 12. The van der Waals surface area contributed by atoms with Gasteiger partial charge in [0, 0.05) is 6.54 Å². The Kier molecular flexibility index (Phi) is 17.7. The monoisotopic (exact) mass is 637 g/mol. The van der Waals surface area contributed by atoms with Gasteiger partial charge in [-0.3, -0.25) is 0 Å². The number of aryl methyl sites for hydroxylation is 2. The van der Waals surface area contributed by atoms with Gasteiger partial charge in [0.2, 0.25) is 0 Å².